The molecule has 1 heterocycles. The molecular formula is C14H23N3O. The van der Waals surface area contributed by atoms with Crippen LogP contribution in [0.4, 0.5) is 0 Å². The minimum absolute atomic E-state index is 0.297. The third-order valence-electron chi connectivity index (χ3n) is 3.25. The number of likely N-dealkylation sites (N-methyl/N-ethyl adjacent to an activating group) is 1. The number of aromatic nitrogens is 1. The predicted molar refractivity (Wildman–Crippen MR) is 72.2 cm³/mol. The molecule has 4 heteroatoms. The Labute approximate surface area is 109 Å². The van der Waals surface area contributed by atoms with Crippen molar-refractivity contribution in [3.05, 3.63) is 30.1 Å². The van der Waals surface area contributed by atoms with Crippen LogP contribution in [-0.2, 0) is 6.54 Å². The third-order valence-corrected chi connectivity index (χ3v) is 3.25. The van der Waals surface area contributed by atoms with E-state index in [9.17, 15) is 5.11 Å². The van der Waals surface area contributed by atoms with E-state index in [1.54, 1.807) is 0 Å². The zero-order valence-electron chi connectivity index (χ0n) is 11.0. The van der Waals surface area contributed by atoms with E-state index in [-0.39, 0.29) is 6.10 Å². The molecule has 1 aromatic heterocycles. The van der Waals surface area contributed by atoms with Gasteiger partial charge in [0.1, 0.15) is 0 Å². The Morgan fingerprint density at radius 1 is 1.50 bits per heavy atom. The summed E-state index contributed by atoms with van der Waals surface area (Å²) < 4.78 is 0. The summed E-state index contributed by atoms with van der Waals surface area (Å²) in [5.41, 5.74) is 1.06. The molecule has 1 aliphatic carbocycles. The van der Waals surface area contributed by atoms with Crippen LogP contribution in [0, 0.1) is 0 Å². The molecule has 1 unspecified atom stereocenters. The van der Waals surface area contributed by atoms with Gasteiger partial charge in [0.25, 0.3) is 0 Å². The maximum Gasteiger partial charge on any atom is 0.0791 e. The van der Waals surface area contributed by atoms with Crippen LogP contribution < -0.4 is 5.32 Å². The zero-order valence-corrected chi connectivity index (χ0v) is 11.0. The van der Waals surface area contributed by atoms with Crippen LogP contribution in [0.15, 0.2) is 24.4 Å². The Bertz CT molecular complexity index is 340. The van der Waals surface area contributed by atoms with Crippen LogP contribution in [0.5, 0.6) is 0 Å². The summed E-state index contributed by atoms with van der Waals surface area (Å²) in [4.78, 5) is 6.54. The predicted octanol–water partition coefficient (Wildman–Crippen LogP) is 1.02. The molecule has 4 nitrogen and oxygen atoms in total. The molecule has 0 aromatic carbocycles. The van der Waals surface area contributed by atoms with E-state index in [4.69, 9.17) is 0 Å². The van der Waals surface area contributed by atoms with E-state index in [0.717, 1.165) is 18.8 Å². The second kappa shape index (κ2) is 6.83. The largest absolute Gasteiger partial charge is 0.390 e. The van der Waals surface area contributed by atoms with Gasteiger partial charge >= 0.3 is 0 Å². The molecule has 2 rings (SSSR count). The van der Waals surface area contributed by atoms with Crippen LogP contribution >= 0.6 is 0 Å². The lowest BCUT2D eigenvalue weighted by Gasteiger charge is -2.23. The normalized spacial score (nSPS) is 17.1. The van der Waals surface area contributed by atoms with E-state index >= 15 is 0 Å². The monoisotopic (exact) mass is 249 g/mol. The Kier molecular flexibility index (Phi) is 5.11. The van der Waals surface area contributed by atoms with Gasteiger partial charge in [0, 0.05) is 31.9 Å². The van der Waals surface area contributed by atoms with Crippen molar-refractivity contribution in [2.75, 3.05) is 19.6 Å². The van der Waals surface area contributed by atoms with E-state index in [2.05, 4.69) is 22.1 Å². The molecular weight excluding hydrogens is 226 g/mol. The molecule has 0 spiro atoms. The summed E-state index contributed by atoms with van der Waals surface area (Å²) in [7, 11) is 0. The van der Waals surface area contributed by atoms with Crippen LogP contribution in [0.25, 0.3) is 0 Å². The van der Waals surface area contributed by atoms with Gasteiger partial charge in [-0.3, -0.25) is 9.88 Å². The average molecular weight is 249 g/mol. The number of pyridine rings is 1. The van der Waals surface area contributed by atoms with Crippen molar-refractivity contribution in [3.63, 3.8) is 0 Å². The van der Waals surface area contributed by atoms with Crippen LogP contribution in [-0.4, -0.2) is 46.8 Å². The summed E-state index contributed by atoms with van der Waals surface area (Å²) >= 11 is 0. The number of rotatable bonds is 8. The Hall–Kier alpha value is -0.970. The highest BCUT2D eigenvalue weighted by molar-refractivity contribution is 5.03. The van der Waals surface area contributed by atoms with Gasteiger partial charge in [0.05, 0.1) is 11.8 Å². The van der Waals surface area contributed by atoms with Gasteiger partial charge in [-0.25, -0.2) is 0 Å². The van der Waals surface area contributed by atoms with Gasteiger partial charge in [-0.05, 0) is 31.5 Å². The first-order valence-electron chi connectivity index (χ1n) is 6.81. The molecule has 2 N–H and O–H groups in total. The molecule has 0 radical (unpaired) electrons. The Morgan fingerprint density at radius 3 is 2.94 bits per heavy atom. The third kappa shape index (κ3) is 4.72. The van der Waals surface area contributed by atoms with Crippen molar-refractivity contribution >= 4 is 0 Å². The lowest BCUT2D eigenvalue weighted by atomic mass is 10.2. The van der Waals surface area contributed by atoms with Gasteiger partial charge in [-0.2, -0.15) is 0 Å². The van der Waals surface area contributed by atoms with Gasteiger partial charge in [-0.15, -0.1) is 0 Å². The number of aliphatic hydroxyl groups is 1. The second-order valence-electron chi connectivity index (χ2n) is 4.99. The van der Waals surface area contributed by atoms with Crippen molar-refractivity contribution in [2.24, 2.45) is 0 Å². The zero-order chi connectivity index (χ0) is 12.8. The second-order valence-corrected chi connectivity index (χ2v) is 4.99. The highest BCUT2D eigenvalue weighted by Gasteiger charge is 2.21. The molecule has 0 bridgehead atoms. The topological polar surface area (TPSA) is 48.4 Å². The Morgan fingerprint density at radius 2 is 2.33 bits per heavy atom. The maximum absolute atomic E-state index is 9.98. The van der Waals surface area contributed by atoms with Gasteiger partial charge < -0.3 is 10.4 Å². The van der Waals surface area contributed by atoms with Gasteiger partial charge in [-0.1, -0.05) is 13.0 Å². The first-order chi connectivity index (χ1) is 8.78. The summed E-state index contributed by atoms with van der Waals surface area (Å²) in [6, 6.07) is 6.61. The fourth-order valence-electron chi connectivity index (χ4n) is 1.98. The fraction of sp³-hybridized carbons (Fsp3) is 0.643. The van der Waals surface area contributed by atoms with E-state index in [1.807, 2.05) is 24.4 Å². The summed E-state index contributed by atoms with van der Waals surface area (Å²) in [6.45, 7) is 5.25. The summed E-state index contributed by atoms with van der Waals surface area (Å²) in [5, 5.41) is 13.3. The minimum atomic E-state index is -0.297. The molecule has 1 fully saturated rings. The first kappa shape index (κ1) is 13.5. The van der Waals surface area contributed by atoms with E-state index < -0.39 is 0 Å². The standard InChI is InChI=1S/C14H23N3O/c1-2-17(10-13-5-3-4-8-15-13)11-14(18)9-16-12-6-7-12/h3-5,8,12,14,16,18H,2,6-7,9-11H2,1H3. The maximum atomic E-state index is 9.98. The molecule has 1 aliphatic rings. The highest BCUT2D eigenvalue weighted by Crippen LogP contribution is 2.18. The molecule has 0 saturated heterocycles. The van der Waals surface area contributed by atoms with Crippen molar-refractivity contribution in [1.29, 1.82) is 0 Å². The minimum Gasteiger partial charge on any atom is -0.390 e. The molecule has 1 aromatic rings. The quantitative estimate of drug-likeness (QED) is 0.722. The lowest BCUT2D eigenvalue weighted by Crippen LogP contribution is -2.38. The molecule has 1 atom stereocenters. The summed E-state index contributed by atoms with van der Waals surface area (Å²) in [6.07, 6.45) is 4.04. The summed E-state index contributed by atoms with van der Waals surface area (Å²) in [5.74, 6) is 0. The first-order valence-corrected chi connectivity index (χ1v) is 6.81. The Balaban J connectivity index is 1.73. The molecule has 0 aliphatic heterocycles. The van der Waals surface area contributed by atoms with E-state index in [1.165, 1.54) is 12.8 Å². The van der Waals surface area contributed by atoms with Crippen molar-refractivity contribution in [3.8, 4) is 0 Å². The molecule has 100 valence electrons. The lowest BCUT2D eigenvalue weighted by molar-refractivity contribution is 0.109. The molecule has 1 saturated carbocycles. The van der Waals surface area contributed by atoms with Crippen molar-refractivity contribution in [2.45, 2.75) is 38.5 Å². The van der Waals surface area contributed by atoms with Crippen LogP contribution in [0.2, 0.25) is 0 Å². The number of nitrogens with zero attached hydrogens (tertiary/aromatic N) is 2. The number of hydrogen-bond donors (Lipinski definition) is 2. The number of nitrogens with one attached hydrogen (secondary N) is 1. The number of aliphatic hydroxyl groups excluding tert-OH is 1. The fourth-order valence-corrected chi connectivity index (χ4v) is 1.98. The smallest absolute Gasteiger partial charge is 0.0791 e. The average Bonchev–Trinajstić information content (AvgIpc) is 3.21. The van der Waals surface area contributed by atoms with Crippen LogP contribution in [0.3, 0.4) is 0 Å². The van der Waals surface area contributed by atoms with Crippen molar-refractivity contribution < 1.29 is 5.11 Å². The van der Waals surface area contributed by atoms with E-state index in [0.29, 0.717) is 19.1 Å². The number of hydrogen-bond acceptors (Lipinski definition) is 4. The van der Waals surface area contributed by atoms with Crippen molar-refractivity contribution in [1.82, 2.24) is 15.2 Å². The highest BCUT2D eigenvalue weighted by atomic mass is 16.3. The SMILES string of the molecule is CCN(Cc1ccccn1)CC(O)CNC1CC1. The molecule has 0 amide bonds. The van der Waals surface area contributed by atoms with Gasteiger partial charge in [0.15, 0.2) is 0 Å². The van der Waals surface area contributed by atoms with Crippen LogP contribution in [0.1, 0.15) is 25.5 Å². The molecule has 18 heavy (non-hydrogen) atoms. The van der Waals surface area contributed by atoms with Gasteiger partial charge in [0.2, 0.25) is 0 Å².